The second-order valence-electron chi connectivity index (χ2n) is 5.87. The van der Waals surface area contributed by atoms with Crippen molar-refractivity contribution in [2.75, 3.05) is 31.5 Å². The molecular formula is C15H20F4N2O2S. The number of nitrogens with zero attached hydrogens (tertiary/aromatic N) is 1. The van der Waals surface area contributed by atoms with Crippen molar-refractivity contribution in [2.24, 2.45) is 5.92 Å². The summed E-state index contributed by atoms with van der Waals surface area (Å²) in [6.07, 6.45) is 1.89. The molecule has 1 aliphatic rings. The molecule has 0 radical (unpaired) electrons. The zero-order chi connectivity index (χ0) is 18.0. The van der Waals surface area contributed by atoms with E-state index < -0.39 is 26.1 Å². The third kappa shape index (κ3) is 4.18. The van der Waals surface area contributed by atoms with E-state index in [1.165, 1.54) is 0 Å². The number of benzene rings is 1. The highest BCUT2D eigenvalue weighted by Gasteiger charge is 2.48. The van der Waals surface area contributed by atoms with Gasteiger partial charge in [-0.15, -0.1) is 0 Å². The molecule has 1 atom stereocenters. The van der Waals surface area contributed by atoms with Gasteiger partial charge in [0.1, 0.15) is 10.7 Å². The lowest BCUT2D eigenvalue weighted by molar-refractivity contribution is -0.0435. The summed E-state index contributed by atoms with van der Waals surface area (Å²) in [5.74, 6) is -0.830. The Labute approximate surface area is 138 Å². The molecule has 1 N–H and O–H groups in total. The monoisotopic (exact) mass is 368 g/mol. The number of alkyl halides is 3. The predicted molar refractivity (Wildman–Crippen MR) is 83.0 cm³/mol. The van der Waals surface area contributed by atoms with Crippen LogP contribution in [-0.4, -0.2) is 45.0 Å². The Balaban J connectivity index is 2.19. The summed E-state index contributed by atoms with van der Waals surface area (Å²) in [6.45, 7) is 5.04. The SMILES string of the molecule is CCN1CCCC(CNc2ccc(F)cc2S(=O)(=O)C(F)(F)F)C1. The van der Waals surface area contributed by atoms with E-state index in [2.05, 4.69) is 10.2 Å². The summed E-state index contributed by atoms with van der Waals surface area (Å²) in [5, 5.41) is 2.76. The van der Waals surface area contributed by atoms with E-state index in [1.807, 2.05) is 6.92 Å². The highest BCUT2D eigenvalue weighted by Crippen LogP contribution is 2.35. The Bertz CT molecular complexity index is 677. The average molecular weight is 368 g/mol. The van der Waals surface area contributed by atoms with Gasteiger partial charge in [-0.25, -0.2) is 12.8 Å². The summed E-state index contributed by atoms with van der Waals surface area (Å²) in [6, 6.07) is 2.38. The Morgan fingerprint density at radius 3 is 2.67 bits per heavy atom. The Morgan fingerprint density at radius 1 is 1.33 bits per heavy atom. The minimum atomic E-state index is -5.61. The molecule has 1 unspecified atom stereocenters. The van der Waals surface area contributed by atoms with Crippen molar-refractivity contribution in [3.8, 4) is 0 Å². The van der Waals surface area contributed by atoms with E-state index in [0.29, 0.717) is 12.6 Å². The molecule has 0 amide bonds. The molecule has 0 bridgehead atoms. The van der Waals surface area contributed by atoms with E-state index in [0.717, 1.165) is 44.6 Å². The van der Waals surface area contributed by atoms with E-state index in [1.54, 1.807) is 0 Å². The standard InChI is InChI=1S/C15H20F4N2O2S/c1-2-21-7-3-4-11(10-21)9-20-13-6-5-12(16)8-14(13)24(22,23)15(17,18)19/h5-6,8,11,20H,2-4,7,9-10H2,1H3. The van der Waals surface area contributed by atoms with Crippen molar-refractivity contribution < 1.29 is 26.0 Å². The minimum absolute atomic E-state index is 0.199. The topological polar surface area (TPSA) is 49.4 Å². The second-order valence-corrected chi connectivity index (χ2v) is 7.78. The molecule has 0 saturated carbocycles. The van der Waals surface area contributed by atoms with Gasteiger partial charge in [0.15, 0.2) is 0 Å². The smallest absolute Gasteiger partial charge is 0.384 e. The highest BCUT2D eigenvalue weighted by atomic mass is 32.2. The van der Waals surface area contributed by atoms with Gasteiger partial charge in [-0.1, -0.05) is 6.92 Å². The molecule has 24 heavy (non-hydrogen) atoms. The van der Waals surface area contributed by atoms with Crippen LogP contribution in [0.3, 0.4) is 0 Å². The van der Waals surface area contributed by atoms with Crippen LogP contribution in [0.25, 0.3) is 0 Å². The molecule has 4 nitrogen and oxygen atoms in total. The van der Waals surface area contributed by atoms with Crippen molar-refractivity contribution in [3.05, 3.63) is 24.0 Å². The molecule has 1 heterocycles. The summed E-state index contributed by atoms with van der Waals surface area (Å²) >= 11 is 0. The lowest BCUT2D eigenvalue weighted by atomic mass is 9.98. The van der Waals surface area contributed by atoms with E-state index >= 15 is 0 Å². The van der Waals surface area contributed by atoms with Crippen LogP contribution < -0.4 is 5.32 Å². The van der Waals surface area contributed by atoms with Crippen molar-refractivity contribution >= 4 is 15.5 Å². The maximum atomic E-state index is 13.3. The number of sulfone groups is 1. The van der Waals surface area contributed by atoms with Gasteiger partial charge < -0.3 is 10.2 Å². The first-order chi connectivity index (χ1) is 11.1. The fourth-order valence-corrected chi connectivity index (χ4v) is 3.80. The zero-order valence-corrected chi connectivity index (χ0v) is 14.1. The molecule has 1 aliphatic heterocycles. The van der Waals surface area contributed by atoms with Crippen LogP contribution in [0.4, 0.5) is 23.2 Å². The molecule has 136 valence electrons. The van der Waals surface area contributed by atoms with Crippen molar-refractivity contribution in [2.45, 2.75) is 30.2 Å². The van der Waals surface area contributed by atoms with Gasteiger partial charge in [-0.3, -0.25) is 0 Å². The van der Waals surface area contributed by atoms with E-state index in [9.17, 15) is 26.0 Å². The molecule has 1 aromatic carbocycles. The number of nitrogens with one attached hydrogen (secondary N) is 1. The highest BCUT2D eigenvalue weighted by molar-refractivity contribution is 7.92. The summed E-state index contributed by atoms with van der Waals surface area (Å²) in [7, 11) is -5.61. The number of halogens is 4. The van der Waals surface area contributed by atoms with Crippen LogP contribution in [0.1, 0.15) is 19.8 Å². The van der Waals surface area contributed by atoms with Crippen LogP contribution in [0.2, 0.25) is 0 Å². The largest absolute Gasteiger partial charge is 0.501 e. The van der Waals surface area contributed by atoms with Gasteiger partial charge in [0.25, 0.3) is 9.84 Å². The van der Waals surface area contributed by atoms with Crippen LogP contribution >= 0.6 is 0 Å². The lowest BCUT2D eigenvalue weighted by Gasteiger charge is -2.32. The molecular weight excluding hydrogens is 348 g/mol. The van der Waals surface area contributed by atoms with Crippen molar-refractivity contribution in [3.63, 3.8) is 0 Å². The minimum Gasteiger partial charge on any atom is -0.384 e. The van der Waals surface area contributed by atoms with Gasteiger partial charge in [-0.05, 0) is 50.0 Å². The van der Waals surface area contributed by atoms with E-state index in [-0.39, 0.29) is 11.6 Å². The second kappa shape index (κ2) is 7.26. The van der Waals surface area contributed by atoms with Crippen LogP contribution in [0.15, 0.2) is 23.1 Å². The van der Waals surface area contributed by atoms with Crippen molar-refractivity contribution in [1.82, 2.24) is 4.90 Å². The summed E-state index contributed by atoms with van der Waals surface area (Å²) < 4.78 is 74.9. The Hall–Kier alpha value is -1.35. The third-order valence-electron chi connectivity index (χ3n) is 4.17. The Morgan fingerprint density at radius 2 is 2.04 bits per heavy atom. The predicted octanol–water partition coefficient (Wildman–Crippen LogP) is 3.26. The van der Waals surface area contributed by atoms with Crippen LogP contribution in [-0.2, 0) is 9.84 Å². The molecule has 0 aliphatic carbocycles. The Kier molecular flexibility index (Phi) is 5.74. The number of rotatable bonds is 5. The van der Waals surface area contributed by atoms with Gasteiger partial charge in [0.2, 0.25) is 0 Å². The quantitative estimate of drug-likeness (QED) is 0.811. The average Bonchev–Trinajstić information content (AvgIpc) is 2.52. The zero-order valence-electron chi connectivity index (χ0n) is 13.2. The van der Waals surface area contributed by atoms with Crippen LogP contribution in [0, 0.1) is 11.7 Å². The van der Waals surface area contributed by atoms with Crippen LogP contribution in [0.5, 0.6) is 0 Å². The number of hydrogen-bond donors (Lipinski definition) is 1. The first kappa shape index (κ1) is 19.0. The van der Waals surface area contributed by atoms with Gasteiger partial charge in [-0.2, -0.15) is 13.2 Å². The number of hydrogen-bond acceptors (Lipinski definition) is 4. The van der Waals surface area contributed by atoms with Gasteiger partial charge >= 0.3 is 5.51 Å². The molecule has 1 fully saturated rings. The lowest BCUT2D eigenvalue weighted by Crippen LogP contribution is -2.38. The first-order valence-electron chi connectivity index (χ1n) is 7.72. The number of likely N-dealkylation sites (tertiary alicyclic amines) is 1. The fraction of sp³-hybridized carbons (Fsp3) is 0.600. The molecule has 0 aromatic heterocycles. The summed E-state index contributed by atoms with van der Waals surface area (Å²) in [4.78, 5) is 1.16. The third-order valence-corrected chi connectivity index (χ3v) is 5.70. The normalized spacial score (nSPS) is 20.1. The molecule has 0 spiro atoms. The maximum absolute atomic E-state index is 13.3. The van der Waals surface area contributed by atoms with Gasteiger partial charge in [0, 0.05) is 13.1 Å². The fourth-order valence-electron chi connectivity index (χ4n) is 2.85. The van der Waals surface area contributed by atoms with Crippen molar-refractivity contribution in [1.29, 1.82) is 0 Å². The molecule has 1 saturated heterocycles. The molecule has 9 heteroatoms. The molecule has 1 aromatic rings. The number of piperidine rings is 1. The summed E-state index contributed by atoms with van der Waals surface area (Å²) in [5.41, 5.74) is -5.69. The van der Waals surface area contributed by atoms with Gasteiger partial charge in [0.05, 0.1) is 5.69 Å². The molecule has 2 rings (SSSR count). The number of anilines is 1. The maximum Gasteiger partial charge on any atom is 0.501 e. The first-order valence-corrected chi connectivity index (χ1v) is 9.20. The van der Waals surface area contributed by atoms with E-state index in [4.69, 9.17) is 0 Å².